The number of hydrogen-bond acceptors (Lipinski definition) is 2. The number of amides is 1. The molecule has 104 valence electrons. The van der Waals surface area contributed by atoms with E-state index in [0.29, 0.717) is 12.2 Å². The second-order valence-electron chi connectivity index (χ2n) is 6.25. The molecule has 1 aromatic carbocycles. The van der Waals surface area contributed by atoms with Crippen molar-refractivity contribution in [2.45, 2.75) is 27.2 Å². The number of nitrogens with zero attached hydrogens (tertiary/aromatic N) is 1. The molecule has 3 rings (SSSR count). The SMILES string of the molecule is Cc1ccccc1-c1nc2c([nH]1)CC(C)(C)CNC2=O. The molecular weight excluding hydrogens is 250 g/mol. The van der Waals surface area contributed by atoms with Gasteiger partial charge in [-0.15, -0.1) is 0 Å². The largest absolute Gasteiger partial charge is 0.350 e. The van der Waals surface area contributed by atoms with Gasteiger partial charge < -0.3 is 10.3 Å². The first-order chi connectivity index (χ1) is 9.46. The summed E-state index contributed by atoms with van der Waals surface area (Å²) in [6.45, 7) is 7.02. The maximum Gasteiger partial charge on any atom is 0.271 e. The molecule has 1 amide bonds. The Labute approximate surface area is 118 Å². The van der Waals surface area contributed by atoms with Gasteiger partial charge in [-0.05, 0) is 24.3 Å². The van der Waals surface area contributed by atoms with E-state index in [4.69, 9.17) is 0 Å². The number of benzene rings is 1. The van der Waals surface area contributed by atoms with Crippen molar-refractivity contribution in [1.29, 1.82) is 0 Å². The van der Waals surface area contributed by atoms with Gasteiger partial charge in [0.15, 0.2) is 0 Å². The van der Waals surface area contributed by atoms with Crippen LogP contribution < -0.4 is 5.32 Å². The molecule has 0 spiro atoms. The van der Waals surface area contributed by atoms with Gasteiger partial charge in [-0.3, -0.25) is 4.79 Å². The van der Waals surface area contributed by atoms with Gasteiger partial charge >= 0.3 is 0 Å². The van der Waals surface area contributed by atoms with E-state index in [2.05, 4.69) is 29.1 Å². The van der Waals surface area contributed by atoms with Gasteiger partial charge in [0.25, 0.3) is 5.91 Å². The van der Waals surface area contributed by atoms with Crippen molar-refractivity contribution in [1.82, 2.24) is 15.3 Å². The van der Waals surface area contributed by atoms with Crippen LogP contribution >= 0.6 is 0 Å². The highest BCUT2D eigenvalue weighted by Crippen LogP contribution is 2.28. The summed E-state index contributed by atoms with van der Waals surface area (Å²) >= 11 is 0. The second kappa shape index (κ2) is 4.47. The van der Waals surface area contributed by atoms with Crippen LogP contribution in [0.3, 0.4) is 0 Å². The monoisotopic (exact) mass is 269 g/mol. The van der Waals surface area contributed by atoms with Gasteiger partial charge in [0.05, 0.1) is 0 Å². The average molecular weight is 269 g/mol. The average Bonchev–Trinajstić information content (AvgIpc) is 2.75. The van der Waals surface area contributed by atoms with E-state index in [1.54, 1.807) is 0 Å². The lowest BCUT2D eigenvalue weighted by Crippen LogP contribution is -2.32. The fraction of sp³-hybridized carbons (Fsp3) is 0.375. The number of carbonyl (C=O) groups excluding carboxylic acids is 1. The number of aromatic amines is 1. The van der Waals surface area contributed by atoms with Crippen molar-refractivity contribution in [3.8, 4) is 11.4 Å². The minimum absolute atomic E-state index is 0.0381. The lowest BCUT2D eigenvalue weighted by molar-refractivity contribution is 0.0940. The maximum absolute atomic E-state index is 12.1. The summed E-state index contributed by atoms with van der Waals surface area (Å²) < 4.78 is 0. The Morgan fingerprint density at radius 3 is 2.75 bits per heavy atom. The summed E-state index contributed by atoms with van der Waals surface area (Å²) in [7, 11) is 0. The third-order valence-corrected chi connectivity index (χ3v) is 3.78. The number of aryl methyl sites for hydroxylation is 1. The van der Waals surface area contributed by atoms with Gasteiger partial charge in [-0.1, -0.05) is 38.1 Å². The number of carbonyl (C=O) groups is 1. The Morgan fingerprint density at radius 1 is 1.25 bits per heavy atom. The number of hydrogen-bond donors (Lipinski definition) is 2. The first kappa shape index (κ1) is 12.9. The van der Waals surface area contributed by atoms with Crippen LogP contribution in [-0.4, -0.2) is 22.4 Å². The quantitative estimate of drug-likeness (QED) is 0.836. The molecular formula is C16H19N3O. The van der Waals surface area contributed by atoms with Crippen LogP contribution in [0.2, 0.25) is 0 Å². The van der Waals surface area contributed by atoms with Gasteiger partial charge in [-0.25, -0.2) is 4.98 Å². The fourth-order valence-electron chi connectivity index (χ4n) is 2.64. The molecule has 2 N–H and O–H groups in total. The van der Waals surface area contributed by atoms with Crippen molar-refractivity contribution < 1.29 is 4.79 Å². The molecule has 0 radical (unpaired) electrons. The van der Waals surface area contributed by atoms with Crippen molar-refractivity contribution >= 4 is 5.91 Å². The predicted octanol–water partition coefficient (Wildman–Crippen LogP) is 2.70. The van der Waals surface area contributed by atoms with Crippen LogP contribution in [0.5, 0.6) is 0 Å². The van der Waals surface area contributed by atoms with Crippen LogP contribution in [0, 0.1) is 12.3 Å². The third-order valence-electron chi connectivity index (χ3n) is 3.78. The number of H-pyrrole nitrogens is 1. The van der Waals surface area contributed by atoms with Crippen LogP contribution in [0.25, 0.3) is 11.4 Å². The van der Waals surface area contributed by atoms with Crippen LogP contribution in [-0.2, 0) is 6.42 Å². The van der Waals surface area contributed by atoms with E-state index >= 15 is 0 Å². The summed E-state index contributed by atoms with van der Waals surface area (Å²) in [4.78, 5) is 20.0. The normalized spacial score (nSPS) is 17.2. The van der Waals surface area contributed by atoms with E-state index in [-0.39, 0.29) is 11.3 Å². The lowest BCUT2D eigenvalue weighted by Gasteiger charge is -2.21. The first-order valence-corrected chi connectivity index (χ1v) is 6.89. The molecule has 0 fully saturated rings. The Balaban J connectivity index is 2.09. The predicted molar refractivity (Wildman–Crippen MR) is 78.6 cm³/mol. The summed E-state index contributed by atoms with van der Waals surface area (Å²) in [6.07, 6.45) is 0.819. The van der Waals surface area contributed by atoms with E-state index in [9.17, 15) is 4.79 Å². The third kappa shape index (κ3) is 2.22. The molecule has 1 aliphatic heterocycles. The number of fused-ring (bicyclic) bond motifs is 1. The number of aromatic nitrogens is 2. The van der Waals surface area contributed by atoms with E-state index in [0.717, 1.165) is 29.1 Å². The van der Waals surface area contributed by atoms with E-state index in [1.165, 1.54) is 0 Å². The molecule has 1 aromatic heterocycles. The van der Waals surface area contributed by atoms with Crippen molar-refractivity contribution in [3.63, 3.8) is 0 Å². The molecule has 0 atom stereocenters. The second-order valence-corrected chi connectivity index (χ2v) is 6.25. The number of nitrogens with one attached hydrogen (secondary N) is 2. The molecule has 0 saturated carbocycles. The van der Waals surface area contributed by atoms with Crippen molar-refractivity contribution in [2.24, 2.45) is 5.41 Å². The zero-order valence-corrected chi connectivity index (χ0v) is 12.1. The zero-order chi connectivity index (χ0) is 14.3. The molecule has 0 bridgehead atoms. The highest BCUT2D eigenvalue weighted by atomic mass is 16.1. The fourth-order valence-corrected chi connectivity index (χ4v) is 2.64. The molecule has 4 heteroatoms. The highest BCUT2D eigenvalue weighted by molar-refractivity contribution is 5.94. The lowest BCUT2D eigenvalue weighted by atomic mass is 9.88. The minimum Gasteiger partial charge on any atom is -0.350 e. The smallest absolute Gasteiger partial charge is 0.271 e. The molecule has 4 nitrogen and oxygen atoms in total. The van der Waals surface area contributed by atoms with Gasteiger partial charge in [-0.2, -0.15) is 0 Å². The standard InChI is InChI=1S/C16H19N3O/c1-10-6-4-5-7-11(10)14-18-12-8-16(2,3)9-17-15(20)13(12)19-14/h4-7H,8-9H2,1-3H3,(H,17,20)(H,18,19). The molecule has 2 heterocycles. The van der Waals surface area contributed by atoms with Gasteiger partial charge in [0.2, 0.25) is 0 Å². The molecule has 1 aliphatic rings. The molecule has 0 aliphatic carbocycles. The van der Waals surface area contributed by atoms with Crippen molar-refractivity contribution in [2.75, 3.05) is 6.54 Å². The number of rotatable bonds is 1. The Bertz CT molecular complexity index is 670. The molecule has 2 aromatic rings. The zero-order valence-electron chi connectivity index (χ0n) is 12.1. The van der Waals surface area contributed by atoms with Crippen LogP contribution in [0.1, 0.15) is 35.6 Å². The number of imidazole rings is 1. The van der Waals surface area contributed by atoms with E-state index < -0.39 is 0 Å². The van der Waals surface area contributed by atoms with Crippen LogP contribution in [0.15, 0.2) is 24.3 Å². The summed E-state index contributed by atoms with van der Waals surface area (Å²) in [5.41, 5.74) is 3.70. The minimum atomic E-state index is -0.0818. The summed E-state index contributed by atoms with van der Waals surface area (Å²) in [5, 5.41) is 2.95. The Hall–Kier alpha value is -2.10. The Kier molecular flexibility index (Phi) is 2.89. The summed E-state index contributed by atoms with van der Waals surface area (Å²) in [6, 6.07) is 8.06. The van der Waals surface area contributed by atoms with Crippen molar-refractivity contribution in [3.05, 3.63) is 41.2 Å². The topological polar surface area (TPSA) is 57.8 Å². The van der Waals surface area contributed by atoms with Crippen LogP contribution in [0.4, 0.5) is 0 Å². The van der Waals surface area contributed by atoms with Gasteiger partial charge in [0.1, 0.15) is 11.5 Å². The highest BCUT2D eigenvalue weighted by Gasteiger charge is 2.30. The molecule has 0 saturated heterocycles. The van der Waals surface area contributed by atoms with Gasteiger partial charge in [0, 0.05) is 17.8 Å². The van der Waals surface area contributed by atoms with E-state index in [1.807, 2.05) is 31.2 Å². The Morgan fingerprint density at radius 2 is 2.00 bits per heavy atom. The maximum atomic E-state index is 12.1. The first-order valence-electron chi connectivity index (χ1n) is 6.89. The summed E-state index contributed by atoms with van der Waals surface area (Å²) in [5.74, 6) is 0.697. The molecule has 0 unspecified atom stereocenters. The molecule has 20 heavy (non-hydrogen) atoms.